The largest absolute Gasteiger partial charge is 0.453 e. The Morgan fingerprint density at radius 2 is 2.23 bits per heavy atom. The van der Waals surface area contributed by atoms with Crippen LogP contribution in [0.1, 0.15) is 0 Å². The van der Waals surface area contributed by atoms with E-state index in [9.17, 15) is 10.1 Å². The summed E-state index contributed by atoms with van der Waals surface area (Å²) in [5.41, 5.74) is -0.0816. The number of ether oxygens (including phenoxy) is 2. The summed E-state index contributed by atoms with van der Waals surface area (Å²) in [4.78, 5) is 10.1. The van der Waals surface area contributed by atoms with Crippen LogP contribution >= 0.6 is 15.9 Å². The van der Waals surface area contributed by atoms with E-state index in [-0.39, 0.29) is 18.2 Å². The molecule has 0 saturated heterocycles. The molecular weight excluding hydrogens is 242 g/mol. The lowest BCUT2D eigenvalue weighted by Crippen LogP contribution is -1.94. The molecule has 0 atom stereocenters. The van der Waals surface area contributed by atoms with Gasteiger partial charge in [0.2, 0.25) is 12.5 Å². The summed E-state index contributed by atoms with van der Waals surface area (Å²) in [7, 11) is 0. The Bertz CT molecular complexity index is 379. The van der Waals surface area contributed by atoms with Gasteiger partial charge in [-0.15, -0.1) is 0 Å². The molecule has 0 radical (unpaired) electrons. The smallest absolute Gasteiger partial charge is 0.316 e. The molecule has 68 valence electrons. The number of fused-ring (bicyclic) bond motifs is 1. The highest BCUT2D eigenvalue weighted by atomic mass is 79.9. The lowest BCUT2D eigenvalue weighted by atomic mass is 10.3. The highest BCUT2D eigenvalue weighted by Crippen LogP contribution is 2.42. The predicted molar refractivity (Wildman–Crippen MR) is 46.9 cm³/mol. The average molecular weight is 246 g/mol. The van der Waals surface area contributed by atoms with Crippen LogP contribution in [-0.4, -0.2) is 11.7 Å². The van der Waals surface area contributed by atoms with E-state index < -0.39 is 4.92 Å². The maximum absolute atomic E-state index is 10.6. The van der Waals surface area contributed by atoms with Crippen LogP contribution in [0.15, 0.2) is 16.6 Å². The number of nitrogens with zero attached hydrogens (tertiary/aromatic N) is 1. The molecule has 0 amide bonds. The number of rotatable bonds is 1. The van der Waals surface area contributed by atoms with Gasteiger partial charge >= 0.3 is 5.69 Å². The topological polar surface area (TPSA) is 61.6 Å². The van der Waals surface area contributed by atoms with E-state index in [0.29, 0.717) is 10.2 Å². The van der Waals surface area contributed by atoms with Crippen molar-refractivity contribution >= 4 is 21.6 Å². The van der Waals surface area contributed by atoms with Crippen LogP contribution in [0.5, 0.6) is 11.5 Å². The van der Waals surface area contributed by atoms with Gasteiger partial charge in [0.25, 0.3) is 0 Å². The first kappa shape index (κ1) is 8.31. The molecule has 1 aromatic carbocycles. The van der Waals surface area contributed by atoms with Crippen molar-refractivity contribution < 1.29 is 14.4 Å². The molecule has 0 spiro atoms. The zero-order valence-corrected chi connectivity index (χ0v) is 7.91. The standard InChI is InChI=1S/C7H4BrNO4/c8-4-1-5(9(10)11)7-6(2-4)12-3-13-7/h1-2H,3H2. The molecular formula is C7H4BrNO4. The van der Waals surface area contributed by atoms with Gasteiger partial charge in [0.05, 0.1) is 4.92 Å². The van der Waals surface area contributed by atoms with Crippen LogP contribution in [-0.2, 0) is 0 Å². The second-order valence-corrected chi connectivity index (χ2v) is 3.33. The number of nitro groups is 1. The second kappa shape index (κ2) is 2.88. The van der Waals surface area contributed by atoms with Gasteiger partial charge in [0.15, 0.2) is 5.75 Å². The van der Waals surface area contributed by atoms with E-state index >= 15 is 0 Å². The third-order valence-corrected chi connectivity index (χ3v) is 2.07. The van der Waals surface area contributed by atoms with Crippen LogP contribution in [0.2, 0.25) is 0 Å². The molecule has 0 aliphatic carbocycles. The second-order valence-electron chi connectivity index (χ2n) is 2.42. The van der Waals surface area contributed by atoms with Gasteiger partial charge in [-0.1, -0.05) is 15.9 Å². The molecule has 0 bridgehead atoms. The highest BCUT2D eigenvalue weighted by molar-refractivity contribution is 9.10. The zero-order valence-electron chi connectivity index (χ0n) is 6.32. The summed E-state index contributed by atoms with van der Waals surface area (Å²) >= 11 is 3.14. The number of halogens is 1. The fourth-order valence-electron chi connectivity index (χ4n) is 1.09. The minimum Gasteiger partial charge on any atom is -0.453 e. The van der Waals surface area contributed by atoms with E-state index in [4.69, 9.17) is 9.47 Å². The van der Waals surface area contributed by atoms with Gasteiger partial charge in [-0.25, -0.2) is 0 Å². The summed E-state index contributed by atoms with van der Waals surface area (Å²) in [5.74, 6) is 0.606. The van der Waals surface area contributed by atoms with Crippen LogP contribution in [0.25, 0.3) is 0 Å². The maximum Gasteiger partial charge on any atom is 0.316 e. The van der Waals surface area contributed by atoms with Crippen LogP contribution in [0.3, 0.4) is 0 Å². The normalized spacial score (nSPS) is 13.0. The summed E-state index contributed by atoms with van der Waals surface area (Å²) in [6.07, 6.45) is 0. The maximum atomic E-state index is 10.6. The monoisotopic (exact) mass is 245 g/mol. The van der Waals surface area contributed by atoms with Crippen molar-refractivity contribution in [1.82, 2.24) is 0 Å². The fourth-order valence-corrected chi connectivity index (χ4v) is 1.52. The highest BCUT2D eigenvalue weighted by Gasteiger charge is 2.26. The van der Waals surface area contributed by atoms with Gasteiger partial charge in [-0.3, -0.25) is 10.1 Å². The summed E-state index contributed by atoms with van der Waals surface area (Å²) < 4.78 is 10.6. The first-order valence-electron chi connectivity index (χ1n) is 3.42. The van der Waals surface area contributed by atoms with Crippen molar-refractivity contribution in [2.75, 3.05) is 6.79 Å². The summed E-state index contributed by atoms with van der Waals surface area (Å²) in [6, 6.07) is 3.02. The molecule has 13 heavy (non-hydrogen) atoms. The molecule has 1 heterocycles. The van der Waals surface area contributed by atoms with E-state index in [2.05, 4.69) is 15.9 Å². The summed E-state index contributed by atoms with van der Waals surface area (Å²) in [6.45, 7) is 0.0344. The van der Waals surface area contributed by atoms with Crippen molar-refractivity contribution in [3.63, 3.8) is 0 Å². The Morgan fingerprint density at radius 1 is 1.46 bits per heavy atom. The molecule has 2 rings (SSSR count). The molecule has 0 aromatic heterocycles. The Hall–Kier alpha value is -1.30. The SMILES string of the molecule is O=[N+]([O-])c1cc(Br)cc2c1OCO2. The lowest BCUT2D eigenvalue weighted by molar-refractivity contribution is -0.385. The molecule has 5 nitrogen and oxygen atoms in total. The van der Waals surface area contributed by atoms with E-state index in [1.165, 1.54) is 6.07 Å². The molecule has 0 N–H and O–H groups in total. The number of benzene rings is 1. The zero-order chi connectivity index (χ0) is 9.42. The Morgan fingerprint density at radius 3 is 2.92 bits per heavy atom. The van der Waals surface area contributed by atoms with Crippen molar-refractivity contribution in [3.8, 4) is 11.5 Å². The molecule has 6 heteroatoms. The van der Waals surface area contributed by atoms with Gasteiger partial charge < -0.3 is 9.47 Å². The third-order valence-electron chi connectivity index (χ3n) is 1.61. The van der Waals surface area contributed by atoms with E-state index in [0.717, 1.165) is 0 Å². The Labute approximate surface area is 81.5 Å². The molecule has 0 saturated carbocycles. The molecule has 0 fully saturated rings. The predicted octanol–water partition coefficient (Wildman–Crippen LogP) is 2.09. The summed E-state index contributed by atoms with van der Waals surface area (Å²) in [5, 5.41) is 10.6. The van der Waals surface area contributed by atoms with Crippen molar-refractivity contribution in [3.05, 3.63) is 26.7 Å². The third kappa shape index (κ3) is 1.33. The minimum absolute atomic E-state index is 0.0344. The van der Waals surface area contributed by atoms with Crippen LogP contribution in [0, 0.1) is 10.1 Å². The fraction of sp³-hybridized carbons (Fsp3) is 0.143. The number of hydrogen-bond donors (Lipinski definition) is 0. The first-order chi connectivity index (χ1) is 6.18. The van der Waals surface area contributed by atoms with Crippen molar-refractivity contribution in [1.29, 1.82) is 0 Å². The first-order valence-corrected chi connectivity index (χ1v) is 4.21. The number of nitro benzene ring substituents is 1. The Balaban J connectivity index is 2.62. The Kier molecular flexibility index (Phi) is 1.84. The quantitative estimate of drug-likeness (QED) is 0.562. The van der Waals surface area contributed by atoms with Gasteiger partial charge in [0, 0.05) is 10.5 Å². The van der Waals surface area contributed by atoms with Gasteiger partial charge in [-0.2, -0.15) is 0 Å². The lowest BCUT2D eigenvalue weighted by Gasteiger charge is -1.97. The van der Waals surface area contributed by atoms with Gasteiger partial charge in [0.1, 0.15) is 0 Å². The van der Waals surface area contributed by atoms with Crippen molar-refractivity contribution in [2.45, 2.75) is 0 Å². The minimum atomic E-state index is -0.502. The molecule has 1 aliphatic rings. The van der Waals surface area contributed by atoms with E-state index in [1.807, 2.05) is 0 Å². The molecule has 1 aromatic rings. The van der Waals surface area contributed by atoms with Gasteiger partial charge in [-0.05, 0) is 6.07 Å². The molecule has 1 aliphatic heterocycles. The van der Waals surface area contributed by atoms with Crippen LogP contribution < -0.4 is 9.47 Å². The number of hydrogen-bond acceptors (Lipinski definition) is 4. The average Bonchev–Trinajstić information content (AvgIpc) is 2.49. The van der Waals surface area contributed by atoms with Crippen LogP contribution in [0.4, 0.5) is 5.69 Å². The van der Waals surface area contributed by atoms with E-state index in [1.54, 1.807) is 6.07 Å². The van der Waals surface area contributed by atoms with Crippen molar-refractivity contribution in [2.24, 2.45) is 0 Å². The molecule has 0 unspecified atom stereocenters.